The van der Waals surface area contributed by atoms with Gasteiger partial charge in [-0.05, 0) is 37.0 Å². The first-order valence-electron chi connectivity index (χ1n) is 12.5. The average molecular weight is 560 g/mol. The topological polar surface area (TPSA) is 200 Å². The molecule has 5 N–H and O–H groups in total. The molecule has 0 radical (unpaired) electrons. The van der Waals surface area contributed by atoms with Gasteiger partial charge in [0.15, 0.2) is 0 Å². The summed E-state index contributed by atoms with van der Waals surface area (Å²) >= 11 is 0. The fraction of sp³-hybridized carbons (Fsp3) is 0.423. The van der Waals surface area contributed by atoms with Crippen LogP contribution in [-0.4, -0.2) is 76.8 Å². The van der Waals surface area contributed by atoms with E-state index < -0.39 is 53.7 Å². The Hall–Kier alpha value is -4.75. The highest BCUT2D eigenvalue weighted by atomic mass is 16.7. The monoisotopic (exact) mass is 559 g/mol. The van der Waals surface area contributed by atoms with E-state index in [0.29, 0.717) is 11.3 Å². The van der Waals surface area contributed by atoms with Crippen LogP contribution in [0.2, 0.25) is 0 Å². The largest absolute Gasteiger partial charge is 0.506 e. The average Bonchev–Trinajstić information content (AvgIpc) is 3.21. The predicted octanol–water partition coefficient (Wildman–Crippen LogP) is 0.287. The molecule has 40 heavy (non-hydrogen) atoms. The summed E-state index contributed by atoms with van der Waals surface area (Å²) in [7, 11) is 0. The van der Waals surface area contributed by atoms with Crippen LogP contribution in [-0.2, 0) is 40.1 Å². The van der Waals surface area contributed by atoms with Gasteiger partial charge in [-0.3, -0.25) is 33.7 Å². The lowest BCUT2D eigenvalue weighted by molar-refractivity contribution is -0.137. The Kier molecular flexibility index (Phi) is 11.8. The number of rotatable bonds is 14. The number of carbonyl (C=O) groups excluding carboxylic acids is 6. The SMILES string of the molecule is CC(C)CC(NC(=O)CCN1C(=O)C=CC1=O)C(=O)NC(C)C(=O)NCC(=O)Nc1ccc(COC(=O)O)cc1. The quantitative estimate of drug-likeness (QED) is 0.157. The molecule has 0 saturated heterocycles. The van der Waals surface area contributed by atoms with E-state index in [1.54, 1.807) is 24.3 Å². The summed E-state index contributed by atoms with van der Waals surface area (Å²) < 4.78 is 4.46. The van der Waals surface area contributed by atoms with Crippen LogP contribution in [0, 0.1) is 5.92 Å². The Bertz CT molecular complexity index is 1150. The molecule has 2 atom stereocenters. The Morgan fingerprint density at radius 1 is 0.900 bits per heavy atom. The number of anilines is 1. The molecule has 0 saturated carbocycles. The summed E-state index contributed by atoms with van der Waals surface area (Å²) in [6, 6.07) is 4.26. The molecule has 6 amide bonds. The molecule has 0 aliphatic carbocycles. The molecule has 0 fully saturated rings. The summed E-state index contributed by atoms with van der Waals surface area (Å²) in [6.45, 7) is 4.49. The molecule has 0 spiro atoms. The molecule has 216 valence electrons. The number of nitrogens with one attached hydrogen (secondary N) is 4. The highest BCUT2D eigenvalue weighted by molar-refractivity contribution is 6.13. The number of carboxylic acid groups (broad SMARTS) is 1. The maximum Gasteiger partial charge on any atom is 0.506 e. The molecule has 1 aromatic rings. The Morgan fingerprint density at radius 2 is 1.52 bits per heavy atom. The van der Waals surface area contributed by atoms with E-state index in [9.17, 15) is 33.6 Å². The zero-order valence-electron chi connectivity index (χ0n) is 22.4. The lowest BCUT2D eigenvalue weighted by Crippen LogP contribution is -2.53. The maximum atomic E-state index is 12.8. The van der Waals surface area contributed by atoms with Gasteiger partial charge in [0.1, 0.15) is 18.7 Å². The van der Waals surface area contributed by atoms with Crippen molar-refractivity contribution < 1.29 is 43.4 Å². The van der Waals surface area contributed by atoms with Crippen LogP contribution >= 0.6 is 0 Å². The lowest BCUT2D eigenvalue weighted by Gasteiger charge is -2.23. The molecule has 0 bridgehead atoms. The van der Waals surface area contributed by atoms with E-state index in [1.807, 2.05) is 13.8 Å². The lowest BCUT2D eigenvalue weighted by atomic mass is 10.0. The number of hydrogen-bond acceptors (Lipinski definition) is 8. The molecular weight excluding hydrogens is 526 g/mol. The van der Waals surface area contributed by atoms with Gasteiger partial charge in [0.05, 0.1) is 6.54 Å². The van der Waals surface area contributed by atoms with Gasteiger partial charge in [-0.15, -0.1) is 0 Å². The van der Waals surface area contributed by atoms with Crippen LogP contribution in [0.1, 0.15) is 39.2 Å². The van der Waals surface area contributed by atoms with Crippen molar-refractivity contribution >= 4 is 47.3 Å². The Balaban J connectivity index is 1.80. The van der Waals surface area contributed by atoms with Crippen molar-refractivity contribution in [3.63, 3.8) is 0 Å². The fourth-order valence-electron chi connectivity index (χ4n) is 3.57. The number of ether oxygens (including phenoxy) is 1. The van der Waals surface area contributed by atoms with Crippen molar-refractivity contribution in [2.75, 3.05) is 18.4 Å². The van der Waals surface area contributed by atoms with Crippen molar-refractivity contribution in [2.24, 2.45) is 5.92 Å². The molecule has 2 unspecified atom stereocenters. The van der Waals surface area contributed by atoms with Gasteiger partial charge < -0.3 is 31.1 Å². The molecule has 14 heteroatoms. The second-order valence-corrected chi connectivity index (χ2v) is 9.41. The summed E-state index contributed by atoms with van der Waals surface area (Å²) in [5, 5.41) is 18.6. The van der Waals surface area contributed by atoms with Gasteiger partial charge in [0, 0.05) is 30.8 Å². The minimum Gasteiger partial charge on any atom is -0.450 e. The number of benzene rings is 1. The normalized spacial score (nSPS) is 13.9. The van der Waals surface area contributed by atoms with Gasteiger partial charge in [-0.2, -0.15) is 0 Å². The van der Waals surface area contributed by atoms with E-state index in [4.69, 9.17) is 5.11 Å². The van der Waals surface area contributed by atoms with Crippen LogP contribution < -0.4 is 21.3 Å². The molecular formula is C26H33N5O9. The van der Waals surface area contributed by atoms with Crippen molar-refractivity contribution in [2.45, 2.75) is 52.3 Å². The summed E-state index contributed by atoms with van der Waals surface area (Å²) in [6.07, 6.45) is 0.918. The van der Waals surface area contributed by atoms with Crippen molar-refractivity contribution in [1.82, 2.24) is 20.9 Å². The molecule has 1 aliphatic rings. The zero-order chi connectivity index (χ0) is 29.8. The third-order valence-corrected chi connectivity index (χ3v) is 5.60. The fourth-order valence-corrected chi connectivity index (χ4v) is 3.57. The maximum absolute atomic E-state index is 12.8. The number of hydrogen-bond donors (Lipinski definition) is 5. The van der Waals surface area contributed by atoms with Crippen LogP contribution in [0.3, 0.4) is 0 Å². The first kappa shape index (κ1) is 31.5. The van der Waals surface area contributed by atoms with E-state index >= 15 is 0 Å². The molecule has 1 aliphatic heterocycles. The van der Waals surface area contributed by atoms with Crippen LogP contribution in [0.5, 0.6) is 0 Å². The first-order valence-corrected chi connectivity index (χ1v) is 12.5. The van der Waals surface area contributed by atoms with Gasteiger partial charge in [0.2, 0.25) is 23.6 Å². The highest BCUT2D eigenvalue weighted by Gasteiger charge is 2.27. The number of carbonyl (C=O) groups is 7. The minimum absolute atomic E-state index is 0.0218. The predicted molar refractivity (Wildman–Crippen MR) is 140 cm³/mol. The van der Waals surface area contributed by atoms with Crippen molar-refractivity contribution in [1.29, 1.82) is 0 Å². The summed E-state index contributed by atoms with van der Waals surface area (Å²) in [4.78, 5) is 84.5. The van der Waals surface area contributed by atoms with E-state index in [2.05, 4.69) is 26.0 Å². The van der Waals surface area contributed by atoms with Gasteiger partial charge in [-0.25, -0.2) is 4.79 Å². The van der Waals surface area contributed by atoms with Crippen molar-refractivity contribution in [3.8, 4) is 0 Å². The van der Waals surface area contributed by atoms with Gasteiger partial charge in [0.25, 0.3) is 11.8 Å². The molecule has 2 rings (SSSR count). The summed E-state index contributed by atoms with van der Waals surface area (Å²) in [5.74, 6) is -3.30. The molecule has 1 heterocycles. The minimum atomic E-state index is -1.40. The molecule has 14 nitrogen and oxygen atoms in total. The third-order valence-electron chi connectivity index (χ3n) is 5.60. The van der Waals surface area contributed by atoms with Crippen LogP contribution in [0.25, 0.3) is 0 Å². The van der Waals surface area contributed by atoms with Crippen LogP contribution in [0.15, 0.2) is 36.4 Å². The van der Waals surface area contributed by atoms with Crippen molar-refractivity contribution in [3.05, 3.63) is 42.0 Å². The van der Waals surface area contributed by atoms with E-state index in [0.717, 1.165) is 17.1 Å². The van der Waals surface area contributed by atoms with E-state index in [-0.39, 0.29) is 38.5 Å². The van der Waals surface area contributed by atoms with Gasteiger partial charge in [-0.1, -0.05) is 26.0 Å². The second-order valence-electron chi connectivity index (χ2n) is 9.41. The van der Waals surface area contributed by atoms with E-state index in [1.165, 1.54) is 6.92 Å². The molecule has 0 aromatic heterocycles. The molecule has 1 aromatic carbocycles. The zero-order valence-corrected chi connectivity index (χ0v) is 22.4. The van der Waals surface area contributed by atoms with Gasteiger partial charge >= 0.3 is 6.16 Å². The first-order chi connectivity index (χ1) is 18.8. The smallest absolute Gasteiger partial charge is 0.450 e. The standard InChI is InChI=1S/C26H33N5O9/c1-15(2)12-19(30-20(32)10-11-31-22(34)8-9-23(31)35)25(37)28-16(3)24(36)27-13-21(33)29-18-6-4-17(5-7-18)14-40-26(38)39/h4-9,15-16,19H,10-14H2,1-3H3,(H,27,36)(H,28,37)(H,29,33)(H,30,32)(H,38,39). The Morgan fingerprint density at radius 3 is 2.10 bits per heavy atom. The second kappa shape index (κ2) is 15.0. The number of nitrogens with zero attached hydrogens (tertiary/aromatic N) is 1. The number of imide groups is 1. The highest BCUT2D eigenvalue weighted by Crippen LogP contribution is 2.11. The number of amides is 6. The Labute approximate surface area is 230 Å². The summed E-state index contributed by atoms with van der Waals surface area (Å²) in [5.41, 5.74) is 1.00. The third kappa shape index (κ3) is 10.6. The van der Waals surface area contributed by atoms with Crippen LogP contribution in [0.4, 0.5) is 10.5 Å².